The minimum Gasteiger partial charge on any atom is -0.550 e. The fourth-order valence-corrected chi connectivity index (χ4v) is 4.14. The van der Waals surface area contributed by atoms with Gasteiger partial charge < -0.3 is 19.8 Å². The van der Waals surface area contributed by atoms with Crippen molar-refractivity contribution in [2.24, 2.45) is 0 Å². The third-order valence-electron chi connectivity index (χ3n) is 2.47. The van der Waals surface area contributed by atoms with E-state index in [-0.39, 0.29) is 20.4 Å². The van der Waals surface area contributed by atoms with Crippen LogP contribution in [-0.2, 0) is 51.6 Å². The monoisotopic (exact) mass is 502 g/mol. The Hall–Kier alpha value is -1.66. The topological polar surface area (TPSA) is 114 Å². The van der Waals surface area contributed by atoms with Crippen LogP contribution in [0.4, 0.5) is 0 Å². The average molecular weight is 503 g/mol. The summed E-state index contributed by atoms with van der Waals surface area (Å²) in [5, 5.41) is 17.8. The number of benzene rings is 2. The van der Waals surface area contributed by atoms with Gasteiger partial charge in [-0.2, -0.15) is 0 Å². The van der Waals surface area contributed by atoms with Gasteiger partial charge in [-0.1, -0.05) is 36.4 Å². The third kappa shape index (κ3) is 16.3. The Morgan fingerprint density at radius 2 is 0.926 bits per heavy atom. The second-order valence-corrected chi connectivity index (χ2v) is 7.85. The molecule has 0 aliphatic carbocycles. The van der Waals surface area contributed by atoms with E-state index in [1.54, 1.807) is 0 Å². The summed E-state index contributed by atoms with van der Waals surface area (Å²) >= 11 is 0. The maximum atomic E-state index is 12.0. The van der Waals surface area contributed by atoms with Crippen molar-refractivity contribution in [3.05, 3.63) is 60.7 Å². The Balaban J connectivity index is 0. The zero-order valence-corrected chi connectivity index (χ0v) is 18.0. The van der Waals surface area contributed by atoms with Crippen molar-refractivity contribution in [1.29, 1.82) is 0 Å². The molecule has 0 fully saturated rings. The van der Waals surface area contributed by atoms with Crippen LogP contribution in [0.25, 0.3) is 0 Å². The maximum Gasteiger partial charge on any atom is 2.00 e. The Bertz CT molecular complexity index is 652. The second kappa shape index (κ2) is 16.5. The molecule has 2 aromatic rings. The van der Waals surface area contributed by atoms with Crippen LogP contribution in [0, 0.1) is 0 Å². The van der Waals surface area contributed by atoms with Crippen LogP contribution in [0.5, 0.6) is 0 Å². The van der Waals surface area contributed by atoms with E-state index in [9.17, 15) is 8.42 Å². The minimum absolute atomic E-state index is 0. The number of rotatable bonds is 5. The van der Waals surface area contributed by atoms with Gasteiger partial charge in [0.15, 0.2) is 0 Å². The van der Waals surface area contributed by atoms with Crippen molar-refractivity contribution in [2.45, 2.75) is 23.6 Å². The smallest absolute Gasteiger partial charge is 0.550 e. The van der Waals surface area contributed by atoms with Gasteiger partial charge >= 0.3 is 20.4 Å². The Kier molecular flexibility index (Phi) is 16.9. The van der Waals surface area contributed by atoms with E-state index in [2.05, 4.69) is 0 Å². The first-order valence-electron chi connectivity index (χ1n) is 7.46. The molecule has 0 spiro atoms. The molecule has 0 N–H and O–H groups in total. The SMILES string of the molecule is CC(=O)[O-].CC(=O)[O-].O=S(CCS(=O)c1ccccc1)c1ccccc1.[Pd+2]. The molecule has 27 heavy (non-hydrogen) atoms. The van der Waals surface area contributed by atoms with Gasteiger partial charge in [-0.15, -0.1) is 0 Å². The van der Waals surface area contributed by atoms with Crippen LogP contribution >= 0.6 is 0 Å². The molecule has 6 nitrogen and oxygen atoms in total. The number of carboxylic acid groups (broad SMARTS) is 2. The van der Waals surface area contributed by atoms with E-state index in [4.69, 9.17) is 19.8 Å². The molecule has 0 amide bonds. The summed E-state index contributed by atoms with van der Waals surface area (Å²) in [5.41, 5.74) is 0. The Morgan fingerprint density at radius 1 is 0.704 bits per heavy atom. The molecule has 9 heteroatoms. The molecule has 0 heterocycles. The van der Waals surface area contributed by atoms with Gasteiger partial charge in [-0.3, -0.25) is 8.42 Å². The molecule has 2 rings (SSSR count). The molecule has 2 unspecified atom stereocenters. The predicted molar refractivity (Wildman–Crippen MR) is 96.8 cm³/mol. The molecule has 0 bridgehead atoms. The van der Waals surface area contributed by atoms with E-state index < -0.39 is 33.5 Å². The summed E-state index contributed by atoms with van der Waals surface area (Å²) in [6, 6.07) is 18.6. The number of hydrogen-bond donors (Lipinski definition) is 0. The molecule has 2 atom stereocenters. The quantitative estimate of drug-likeness (QED) is 0.536. The first kappa shape index (κ1) is 27.6. The first-order valence-corrected chi connectivity index (χ1v) is 10.1. The van der Waals surface area contributed by atoms with Crippen LogP contribution < -0.4 is 10.2 Å². The second-order valence-electron chi connectivity index (χ2n) is 4.71. The van der Waals surface area contributed by atoms with Crippen molar-refractivity contribution >= 4 is 33.5 Å². The molecule has 2 aromatic carbocycles. The number of carboxylic acids is 2. The van der Waals surface area contributed by atoms with Crippen LogP contribution in [0.15, 0.2) is 70.5 Å². The molecule has 0 radical (unpaired) electrons. The Labute approximate surface area is 177 Å². The zero-order valence-electron chi connectivity index (χ0n) is 14.8. The van der Waals surface area contributed by atoms with Gasteiger partial charge in [-0.25, -0.2) is 0 Å². The summed E-state index contributed by atoms with van der Waals surface area (Å²) < 4.78 is 23.9. The van der Waals surface area contributed by atoms with Crippen molar-refractivity contribution in [3.8, 4) is 0 Å². The van der Waals surface area contributed by atoms with E-state index in [0.717, 1.165) is 23.6 Å². The predicted octanol–water partition coefficient (Wildman–Crippen LogP) is 0.112. The summed E-state index contributed by atoms with van der Waals surface area (Å²) in [4.78, 5) is 19.4. The summed E-state index contributed by atoms with van der Waals surface area (Å²) in [6.45, 7) is 1.94. The molecule has 0 aromatic heterocycles. The molecule has 150 valence electrons. The molecule has 0 saturated carbocycles. The summed E-state index contributed by atoms with van der Waals surface area (Å²) in [7, 11) is -2.14. The number of aliphatic carboxylic acids is 2. The number of carbonyl (C=O) groups is 2. The van der Waals surface area contributed by atoms with Crippen molar-refractivity contribution in [3.63, 3.8) is 0 Å². The standard InChI is InChI=1S/C14H14O2S2.2C2H4O2.Pd/c15-17(13-7-3-1-4-8-13)11-12-18(16)14-9-5-2-6-10-14;2*1-2(3)4;/h1-10H,11-12H2;2*1H3,(H,3,4);/q;;;+2/p-2. The molecule has 0 aliphatic heterocycles. The van der Waals surface area contributed by atoms with E-state index >= 15 is 0 Å². The average Bonchev–Trinajstić information content (AvgIpc) is 2.60. The van der Waals surface area contributed by atoms with E-state index in [1.807, 2.05) is 60.7 Å². The fourth-order valence-electron chi connectivity index (χ4n) is 1.53. The van der Waals surface area contributed by atoms with Crippen LogP contribution in [0.1, 0.15) is 13.8 Å². The fraction of sp³-hybridized carbons (Fsp3) is 0.222. The molecular weight excluding hydrogens is 483 g/mol. The van der Waals surface area contributed by atoms with Gasteiger partial charge in [0.2, 0.25) is 0 Å². The van der Waals surface area contributed by atoms with E-state index in [1.165, 1.54) is 0 Å². The number of carbonyl (C=O) groups excluding carboxylic acids is 2. The van der Waals surface area contributed by atoms with Crippen LogP contribution in [-0.4, -0.2) is 31.9 Å². The van der Waals surface area contributed by atoms with Gasteiger partial charge in [0, 0.05) is 33.2 Å². The van der Waals surface area contributed by atoms with Gasteiger partial charge in [-0.05, 0) is 38.1 Å². The molecular formula is C18H20O6PdS2. The summed E-state index contributed by atoms with van der Waals surface area (Å²) in [6.07, 6.45) is 0. The Morgan fingerprint density at radius 3 is 1.15 bits per heavy atom. The largest absolute Gasteiger partial charge is 2.00 e. The number of hydrogen-bond acceptors (Lipinski definition) is 6. The first-order chi connectivity index (χ1) is 12.2. The van der Waals surface area contributed by atoms with Crippen molar-refractivity contribution in [2.75, 3.05) is 11.5 Å². The van der Waals surface area contributed by atoms with Crippen LogP contribution in [0.2, 0.25) is 0 Å². The van der Waals surface area contributed by atoms with E-state index in [0.29, 0.717) is 11.5 Å². The summed E-state index contributed by atoms with van der Waals surface area (Å²) in [5.74, 6) is -1.32. The molecule has 0 aliphatic rings. The zero-order chi connectivity index (χ0) is 19.9. The maximum absolute atomic E-state index is 12.0. The van der Waals surface area contributed by atoms with Gasteiger partial charge in [0.25, 0.3) is 0 Å². The van der Waals surface area contributed by atoms with Crippen LogP contribution in [0.3, 0.4) is 0 Å². The van der Waals surface area contributed by atoms with Crippen molar-refractivity contribution in [1.82, 2.24) is 0 Å². The van der Waals surface area contributed by atoms with Crippen molar-refractivity contribution < 1.29 is 48.6 Å². The minimum atomic E-state index is -1.08. The third-order valence-corrected chi connectivity index (χ3v) is 5.47. The van der Waals surface area contributed by atoms with Gasteiger partial charge in [0.05, 0.1) is 21.6 Å². The van der Waals surface area contributed by atoms with Gasteiger partial charge in [0.1, 0.15) is 0 Å². The molecule has 0 saturated heterocycles. The normalized spacial score (nSPS) is 11.2.